The number of benzene rings is 2. The second kappa shape index (κ2) is 9.78. The van der Waals surface area contributed by atoms with Gasteiger partial charge in [0.1, 0.15) is 11.5 Å². The summed E-state index contributed by atoms with van der Waals surface area (Å²) < 4.78 is 10.8. The van der Waals surface area contributed by atoms with E-state index in [9.17, 15) is 4.79 Å². The fraction of sp³-hybridized carbons (Fsp3) is 0.200. The Labute approximate surface area is 177 Å². The minimum atomic E-state index is -0.274. The molecule has 146 valence electrons. The highest BCUT2D eigenvalue weighted by molar-refractivity contribution is 7.15. The molecule has 5 nitrogen and oxygen atoms in total. The number of hydrogen-bond acceptors (Lipinski definition) is 5. The number of anilines is 1. The molecule has 3 rings (SSSR count). The molecular formula is C20H18Cl2N2O3S. The largest absolute Gasteiger partial charge is 0.494 e. The van der Waals surface area contributed by atoms with Gasteiger partial charge in [-0.3, -0.25) is 10.1 Å². The third-order valence-electron chi connectivity index (χ3n) is 3.67. The molecular weight excluding hydrogens is 419 g/mol. The van der Waals surface area contributed by atoms with Gasteiger partial charge in [0.15, 0.2) is 11.7 Å². The van der Waals surface area contributed by atoms with Crippen LogP contribution in [0.3, 0.4) is 0 Å². The Kier molecular flexibility index (Phi) is 7.14. The van der Waals surface area contributed by atoms with E-state index in [1.54, 1.807) is 36.5 Å². The van der Waals surface area contributed by atoms with Crippen molar-refractivity contribution in [2.24, 2.45) is 0 Å². The van der Waals surface area contributed by atoms with Crippen LogP contribution in [0.15, 0.2) is 48.7 Å². The lowest BCUT2D eigenvalue weighted by Crippen LogP contribution is -2.19. The van der Waals surface area contributed by atoms with Gasteiger partial charge in [-0.2, -0.15) is 0 Å². The van der Waals surface area contributed by atoms with Crippen LogP contribution in [0.5, 0.6) is 11.5 Å². The highest BCUT2D eigenvalue weighted by Gasteiger charge is 2.09. The van der Waals surface area contributed by atoms with E-state index >= 15 is 0 Å². The standard InChI is InChI=1S/C20H18Cl2N2O3S/c1-2-26-14-4-6-15(7-5-14)27-12-19(25)24-20-23-11-16(28-20)9-13-3-8-17(21)18(22)10-13/h3-8,10-11H,2,9,12H2,1H3,(H,23,24,25). The first-order chi connectivity index (χ1) is 13.5. The topological polar surface area (TPSA) is 60.5 Å². The molecule has 0 fully saturated rings. The van der Waals surface area contributed by atoms with Crippen LogP contribution in [0.2, 0.25) is 10.0 Å². The van der Waals surface area contributed by atoms with E-state index in [0.29, 0.717) is 34.0 Å². The van der Waals surface area contributed by atoms with E-state index in [0.717, 1.165) is 16.2 Å². The second-order valence-electron chi connectivity index (χ2n) is 5.80. The molecule has 0 bridgehead atoms. The van der Waals surface area contributed by atoms with Gasteiger partial charge in [0, 0.05) is 17.5 Å². The van der Waals surface area contributed by atoms with E-state index in [4.69, 9.17) is 32.7 Å². The van der Waals surface area contributed by atoms with Gasteiger partial charge in [-0.25, -0.2) is 4.98 Å². The summed E-state index contributed by atoms with van der Waals surface area (Å²) >= 11 is 13.4. The monoisotopic (exact) mass is 436 g/mol. The smallest absolute Gasteiger partial charge is 0.264 e. The van der Waals surface area contributed by atoms with Gasteiger partial charge in [0.2, 0.25) is 0 Å². The summed E-state index contributed by atoms with van der Waals surface area (Å²) in [6.07, 6.45) is 2.39. The van der Waals surface area contributed by atoms with Crippen LogP contribution >= 0.6 is 34.5 Å². The Bertz CT molecular complexity index is 945. The number of thiazole rings is 1. The minimum Gasteiger partial charge on any atom is -0.494 e. The minimum absolute atomic E-state index is 0.102. The zero-order valence-corrected chi connectivity index (χ0v) is 17.4. The molecule has 0 aliphatic heterocycles. The van der Waals surface area contributed by atoms with Crippen molar-refractivity contribution in [3.63, 3.8) is 0 Å². The number of halogens is 2. The summed E-state index contributed by atoms with van der Waals surface area (Å²) in [6, 6.07) is 12.6. The Morgan fingerprint density at radius 1 is 1.07 bits per heavy atom. The summed E-state index contributed by atoms with van der Waals surface area (Å²) in [5.41, 5.74) is 1.02. The van der Waals surface area contributed by atoms with Crippen molar-refractivity contribution in [3.05, 3.63) is 69.1 Å². The summed E-state index contributed by atoms with van der Waals surface area (Å²) in [6.45, 7) is 2.42. The molecule has 3 aromatic rings. The van der Waals surface area contributed by atoms with Gasteiger partial charge >= 0.3 is 0 Å². The molecule has 8 heteroatoms. The fourth-order valence-electron chi connectivity index (χ4n) is 2.40. The first-order valence-corrected chi connectivity index (χ1v) is 10.1. The first-order valence-electron chi connectivity index (χ1n) is 8.57. The number of carbonyl (C=O) groups is 1. The number of amides is 1. The molecule has 0 aliphatic rings. The number of carbonyl (C=O) groups excluding carboxylic acids is 1. The van der Waals surface area contributed by atoms with E-state index in [1.165, 1.54) is 11.3 Å². The third-order valence-corrected chi connectivity index (χ3v) is 5.32. The second-order valence-corrected chi connectivity index (χ2v) is 7.73. The Hall–Kier alpha value is -2.28. The zero-order valence-electron chi connectivity index (χ0n) is 15.1. The van der Waals surface area contributed by atoms with Crippen LogP contribution < -0.4 is 14.8 Å². The van der Waals surface area contributed by atoms with Gasteiger partial charge < -0.3 is 9.47 Å². The molecule has 2 aromatic carbocycles. The van der Waals surface area contributed by atoms with Crippen LogP contribution in [-0.2, 0) is 11.2 Å². The van der Waals surface area contributed by atoms with Crippen LogP contribution in [0.4, 0.5) is 5.13 Å². The van der Waals surface area contributed by atoms with E-state index in [-0.39, 0.29) is 12.5 Å². The number of aromatic nitrogens is 1. The van der Waals surface area contributed by atoms with Crippen molar-refractivity contribution in [1.82, 2.24) is 4.98 Å². The average molecular weight is 437 g/mol. The molecule has 1 N–H and O–H groups in total. The van der Waals surface area contributed by atoms with Crippen molar-refractivity contribution in [3.8, 4) is 11.5 Å². The molecule has 0 saturated carbocycles. The Morgan fingerprint density at radius 2 is 1.79 bits per heavy atom. The molecule has 0 radical (unpaired) electrons. The highest BCUT2D eigenvalue weighted by atomic mass is 35.5. The van der Waals surface area contributed by atoms with Crippen molar-refractivity contribution in [2.45, 2.75) is 13.3 Å². The predicted octanol–water partition coefficient (Wildman–Crippen LogP) is 5.46. The summed E-state index contributed by atoms with van der Waals surface area (Å²) in [4.78, 5) is 17.3. The lowest BCUT2D eigenvalue weighted by atomic mass is 10.1. The van der Waals surface area contributed by atoms with Gasteiger partial charge in [-0.1, -0.05) is 29.3 Å². The SMILES string of the molecule is CCOc1ccc(OCC(=O)Nc2ncc(Cc3ccc(Cl)c(Cl)c3)s2)cc1. The predicted molar refractivity (Wildman–Crippen MR) is 113 cm³/mol. The average Bonchev–Trinajstić information content (AvgIpc) is 3.11. The van der Waals surface area contributed by atoms with Crippen molar-refractivity contribution in [1.29, 1.82) is 0 Å². The fourth-order valence-corrected chi connectivity index (χ4v) is 3.58. The molecule has 1 heterocycles. The maximum absolute atomic E-state index is 12.1. The lowest BCUT2D eigenvalue weighted by molar-refractivity contribution is -0.118. The van der Waals surface area contributed by atoms with E-state index < -0.39 is 0 Å². The number of ether oxygens (including phenoxy) is 2. The molecule has 1 amide bonds. The Balaban J connectivity index is 1.50. The van der Waals surface area contributed by atoms with Crippen molar-refractivity contribution >= 4 is 45.6 Å². The van der Waals surface area contributed by atoms with Crippen LogP contribution in [-0.4, -0.2) is 24.1 Å². The number of nitrogens with zero attached hydrogens (tertiary/aromatic N) is 1. The van der Waals surface area contributed by atoms with Gasteiger partial charge in [0.05, 0.1) is 16.7 Å². The van der Waals surface area contributed by atoms with E-state index in [2.05, 4.69) is 10.3 Å². The van der Waals surface area contributed by atoms with Gasteiger partial charge in [-0.05, 0) is 48.9 Å². The Morgan fingerprint density at radius 3 is 2.46 bits per heavy atom. The van der Waals surface area contributed by atoms with Gasteiger partial charge in [-0.15, -0.1) is 11.3 Å². The summed E-state index contributed by atoms with van der Waals surface area (Å²) in [5, 5.41) is 4.31. The van der Waals surface area contributed by atoms with E-state index in [1.807, 2.05) is 19.1 Å². The number of hydrogen-bond donors (Lipinski definition) is 1. The maximum Gasteiger partial charge on any atom is 0.264 e. The van der Waals surface area contributed by atoms with Crippen LogP contribution in [0.25, 0.3) is 0 Å². The molecule has 0 atom stereocenters. The molecule has 0 unspecified atom stereocenters. The molecule has 0 saturated heterocycles. The number of nitrogens with one attached hydrogen (secondary N) is 1. The summed E-state index contributed by atoms with van der Waals surface area (Å²) in [5.74, 6) is 1.08. The lowest BCUT2D eigenvalue weighted by Gasteiger charge is -2.07. The van der Waals surface area contributed by atoms with Crippen molar-refractivity contribution in [2.75, 3.05) is 18.5 Å². The quantitative estimate of drug-likeness (QED) is 0.509. The van der Waals surface area contributed by atoms with Crippen LogP contribution in [0.1, 0.15) is 17.4 Å². The normalized spacial score (nSPS) is 10.5. The third kappa shape index (κ3) is 5.86. The molecule has 0 spiro atoms. The molecule has 0 aliphatic carbocycles. The zero-order chi connectivity index (χ0) is 19.9. The highest BCUT2D eigenvalue weighted by Crippen LogP contribution is 2.26. The summed E-state index contributed by atoms with van der Waals surface area (Å²) in [7, 11) is 0. The van der Waals surface area contributed by atoms with Crippen LogP contribution in [0, 0.1) is 0 Å². The number of rotatable bonds is 8. The molecule has 28 heavy (non-hydrogen) atoms. The first kappa shape index (κ1) is 20.5. The van der Waals surface area contributed by atoms with Gasteiger partial charge in [0.25, 0.3) is 5.91 Å². The maximum atomic E-state index is 12.1. The van der Waals surface area contributed by atoms with Crippen molar-refractivity contribution < 1.29 is 14.3 Å². The molecule has 1 aromatic heterocycles.